The monoisotopic (exact) mass is 361 g/mol. The summed E-state index contributed by atoms with van der Waals surface area (Å²) >= 11 is 0. The fourth-order valence-corrected chi connectivity index (χ4v) is 3.23. The third-order valence-electron chi connectivity index (χ3n) is 4.26. The van der Waals surface area contributed by atoms with Crippen LogP contribution < -0.4 is 0 Å². The zero-order valence-electron chi connectivity index (χ0n) is 15.7. The van der Waals surface area contributed by atoms with Crippen molar-refractivity contribution >= 4 is 12.1 Å². The molecule has 0 saturated carbocycles. The van der Waals surface area contributed by atoms with Crippen LogP contribution in [-0.2, 0) is 20.9 Å². The van der Waals surface area contributed by atoms with Gasteiger partial charge < -0.3 is 14.6 Å². The van der Waals surface area contributed by atoms with Crippen molar-refractivity contribution in [2.24, 2.45) is 5.92 Å². The lowest BCUT2D eigenvalue weighted by molar-refractivity contribution is -0.131. The molecule has 1 fully saturated rings. The Morgan fingerprint density at radius 3 is 2.54 bits per heavy atom. The topological polar surface area (TPSA) is 76.1 Å². The van der Waals surface area contributed by atoms with Crippen molar-refractivity contribution in [3.63, 3.8) is 0 Å². The van der Waals surface area contributed by atoms with Crippen molar-refractivity contribution in [3.8, 4) is 0 Å². The van der Waals surface area contributed by atoms with E-state index in [1.807, 2.05) is 30.3 Å². The molecule has 0 bridgehead atoms. The maximum atomic E-state index is 12.8. The summed E-state index contributed by atoms with van der Waals surface area (Å²) in [7, 11) is 0. The van der Waals surface area contributed by atoms with Crippen molar-refractivity contribution < 1.29 is 24.2 Å². The van der Waals surface area contributed by atoms with Gasteiger partial charge in [0, 0.05) is 6.08 Å². The molecule has 6 nitrogen and oxygen atoms in total. The fourth-order valence-electron chi connectivity index (χ4n) is 3.23. The van der Waals surface area contributed by atoms with E-state index < -0.39 is 23.9 Å². The van der Waals surface area contributed by atoms with Gasteiger partial charge in [-0.15, -0.1) is 0 Å². The first-order chi connectivity index (χ1) is 12.2. The lowest BCUT2D eigenvalue weighted by Gasteiger charge is -2.33. The summed E-state index contributed by atoms with van der Waals surface area (Å²) < 4.78 is 11.5. The minimum absolute atomic E-state index is 0.177. The van der Waals surface area contributed by atoms with Crippen LogP contribution in [0.3, 0.4) is 0 Å². The van der Waals surface area contributed by atoms with Gasteiger partial charge in [0.25, 0.3) is 0 Å². The molecule has 1 aromatic rings. The lowest BCUT2D eigenvalue weighted by atomic mass is 9.98. The number of carbonyl (C=O) groups is 2. The van der Waals surface area contributed by atoms with Crippen LogP contribution in [-0.4, -0.2) is 39.9 Å². The molecule has 0 aliphatic carbocycles. The van der Waals surface area contributed by atoms with Gasteiger partial charge in [0.15, 0.2) is 0 Å². The van der Waals surface area contributed by atoms with Crippen LogP contribution >= 0.6 is 0 Å². The molecule has 2 rings (SSSR count). The first-order valence-corrected chi connectivity index (χ1v) is 8.79. The van der Waals surface area contributed by atoms with Gasteiger partial charge in [-0.05, 0) is 37.8 Å². The lowest BCUT2D eigenvalue weighted by Crippen LogP contribution is -2.48. The molecule has 26 heavy (non-hydrogen) atoms. The minimum Gasteiger partial charge on any atom is -0.478 e. The molecule has 1 aliphatic rings. The van der Waals surface area contributed by atoms with Gasteiger partial charge in [0.05, 0.1) is 12.1 Å². The summed E-state index contributed by atoms with van der Waals surface area (Å²) in [6, 6.07) is 9.18. The molecule has 1 saturated heterocycles. The number of ether oxygens (including phenoxy) is 2. The van der Waals surface area contributed by atoms with Crippen molar-refractivity contribution in [3.05, 3.63) is 48.0 Å². The average Bonchev–Trinajstić information content (AvgIpc) is 2.81. The Labute approximate surface area is 154 Å². The third kappa shape index (κ3) is 5.08. The number of hydrogen-bond acceptors (Lipinski definition) is 4. The molecule has 1 heterocycles. The summed E-state index contributed by atoms with van der Waals surface area (Å²) in [6.45, 7) is 7.86. The molecule has 1 aromatic carbocycles. The number of carboxylic acids is 1. The van der Waals surface area contributed by atoms with E-state index in [1.54, 1.807) is 18.7 Å². The summed E-state index contributed by atoms with van der Waals surface area (Å²) in [5.74, 6) is -0.734. The standard InChI is InChI=1S/C20H27NO5/c1-14(2)12-16-17(10-11-18(22)23)26-20(3,4)21(16)19(24)25-13-15-8-6-5-7-9-15/h5-11,14,16-17H,12-13H2,1-4H3,(H,22,23)/b11-10+/t16-,17-/m0/s1. The highest BCUT2D eigenvalue weighted by Gasteiger charge is 2.49. The van der Waals surface area contributed by atoms with E-state index in [0.717, 1.165) is 11.6 Å². The largest absolute Gasteiger partial charge is 0.478 e. The maximum absolute atomic E-state index is 12.8. The Morgan fingerprint density at radius 1 is 1.31 bits per heavy atom. The number of carbonyl (C=O) groups excluding carboxylic acids is 1. The van der Waals surface area contributed by atoms with Crippen LogP contribution in [0.2, 0.25) is 0 Å². The van der Waals surface area contributed by atoms with Gasteiger partial charge in [0.2, 0.25) is 0 Å². The molecule has 1 aliphatic heterocycles. The predicted octanol–water partition coefficient (Wildman–Crippen LogP) is 3.82. The molecule has 0 aromatic heterocycles. The molecule has 0 spiro atoms. The van der Waals surface area contributed by atoms with Crippen LogP contribution in [0.5, 0.6) is 0 Å². The zero-order valence-corrected chi connectivity index (χ0v) is 15.7. The van der Waals surface area contributed by atoms with E-state index in [-0.39, 0.29) is 12.6 Å². The van der Waals surface area contributed by atoms with Crippen LogP contribution in [0, 0.1) is 5.92 Å². The number of amides is 1. The number of aliphatic carboxylic acids is 1. The molecule has 2 atom stereocenters. The molecule has 0 unspecified atom stereocenters. The SMILES string of the molecule is CC(C)C[C@H]1[C@H](/C=C/C(=O)O)OC(C)(C)N1C(=O)OCc1ccccc1. The van der Waals surface area contributed by atoms with Crippen LogP contribution in [0.1, 0.15) is 39.7 Å². The second-order valence-electron chi connectivity index (χ2n) is 7.33. The maximum Gasteiger partial charge on any atom is 0.412 e. The summed E-state index contributed by atoms with van der Waals surface area (Å²) in [5, 5.41) is 8.91. The first-order valence-electron chi connectivity index (χ1n) is 8.79. The molecular formula is C20H27NO5. The molecule has 142 valence electrons. The molecule has 1 N–H and O–H groups in total. The number of rotatable bonds is 6. The average molecular weight is 361 g/mol. The molecule has 0 radical (unpaired) electrons. The van der Waals surface area contributed by atoms with Crippen LogP contribution in [0.25, 0.3) is 0 Å². The number of nitrogens with zero attached hydrogens (tertiary/aromatic N) is 1. The van der Waals surface area contributed by atoms with Gasteiger partial charge in [-0.2, -0.15) is 0 Å². The van der Waals surface area contributed by atoms with Crippen LogP contribution in [0.4, 0.5) is 4.79 Å². The van der Waals surface area contributed by atoms with Crippen molar-refractivity contribution in [1.29, 1.82) is 0 Å². The second kappa shape index (κ2) is 8.36. The smallest absolute Gasteiger partial charge is 0.412 e. The van der Waals surface area contributed by atoms with Gasteiger partial charge in [-0.3, -0.25) is 4.90 Å². The van der Waals surface area contributed by atoms with Gasteiger partial charge >= 0.3 is 12.1 Å². The van der Waals surface area contributed by atoms with E-state index in [4.69, 9.17) is 14.6 Å². The third-order valence-corrected chi connectivity index (χ3v) is 4.26. The highest BCUT2D eigenvalue weighted by molar-refractivity contribution is 5.79. The zero-order chi connectivity index (χ0) is 19.3. The Morgan fingerprint density at radius 2 is 1.96 bits per heavy atom. The van der Waals surface area contributed by atoms with Crippen LogP contribution in [0.15, 0.2) is 42.5 Å². The van der Waals surface area contributed by atoms with Crippen molar-refractivity contribution in [2.75, 3.05) is 0 Å². The number of hydrogen-bond donors (Lipinski definition) is 1. The van der Waals surface area contributed by atoms with Gasteiger partial charge in [-0.25, -0.2) is 9.59 Å². The van der Waals surface area contributed by atoms with Crippen molar-refractivity contribution in [2.45, 2.75) is 58.6 Å². The molecule has 1 amide bonds. The summed E-state index contributed by atoms with van der Waals surface area (Å²) in [4.78, 5) is 25.3. The Bertz CT molecular complexity index is 653. The fraction of sp³-hybridized carbons (Fsp3) is 0.500. The van der Waals surface area contributed by atoms with Gasteiger partial charge in [-0.1, -0.05) is 44.2 Å². The number of carboxylic acid groups (broad SMARTS) is 1. The normalized spacial score (nSPS) is 22.1. The number of benzene rings is 1. The van der Waals surface area contributed by atoms with Crippen molar-refractivity contribution in [1.82, 2.24) is 4.90 Å². The molecule has 6 heteroatoms. The predicted molar refractivity (Wildman–Crippen MR) is 97.4 cm³/mol. The highest BCUT2D eigenvalue weighted by Crippen LogP contribution is 2.36. The Hall–Kier alpha value is -2.34. The molecular weight excluding hydrogens is 334 g/mol. The first kappa shape index (κ1) is 20.0. The Kier molecular flexibility index (Phi) is 6.42. The van der Waals surface area contributed by atoms with E-state index in [0.29, 0.717) is 12.3 Å². The quantitative estimate of drug-likeness (QED) is 0.780. The second-order valence-corrected chi connectivity index (χ2v) is 7.33. The minimum atomic E-state index is -1.04. The van der Waals surface area contributed by atoms with E-state index in [1.165, 1.54) is 6.08 Å². The highest BCUT2D eigenvalue weighted by atomic mass is 16.6. The van der Waals surface area contributed by atoms with E-state index >= 15 is 0 Å². The van der Waals surface area contributed by atoms with E-state index in [2.05, 4.69) is 13.8 Å². The van der Waals surface area contributed by atoms with Gasteiger partial charge in [0.1, 0.15) is 12.3 Å². The Balaban J connectivity index is 2.18. The summed E-state index contributed by atoms with van der Waals surface area (Å²) in [5.41, 5.74) is 0.0161. The van der Waals surface area contributed by atoms with E-state index in [9.17, 15) is 9.59 Å². The summed E-state index contributed by atoms with van der Waals surface area (Å²) in [6.07, 6.45) is 2.29.